The van der Waals surface area contributed by atoms with E-state index >= 15 is 0 Å². The monoisotopic (exact) mass is 197 g/mol. The number of aryl methyl sites for hydroxylation is 1. The van der Waals surface area contributed by atoms with E-state index in [2.05, 4.69) is 10.4 Å². The Morgan fingerprint density at radius 3 is 3.00 bits per heavy atom. The number of aliphatic hydroxyl groups is 1. The van der Waals surface area contributed by atoms with E-state index in [0.717, 1.165) is 19.5 Å². The highest BCUT2D eigenvalue weighted by Crippen LogP contribution is 1.96. The van der Waals surface area contributed by atoms with E-state index in [0.29, 0.717) is 5.92 Å². The summed E-state index contributed by atoms with van der Waals surface area (Å²) < 4.78 is 1.89. The maximum Gasteiger partial charge on any atom is 0.0492 e. The number of aliphatic hydroxyl groups excluding tert-OH is 1. The van der Waals surface area contributed by atoms with E-state index < -0.39 is 0 Å². The molecule has 0 saturated carbocycles. The first-order chi connectivity index (χ1) is 6.74. The fourth-order valence-electron chi connectivity index (χ4n) is 1.28. The molecule has 0 amide bonds. The van der Waals surface area contributed by atoms with Crippen molar-refractivity contribution in [1.29, 1.82) is 0 Å². The van der Waals surface area contributed by atoms with Gasteiger partial charge < -0.3 is 10.4 Å². The van der Waals surface area contributed by atoms with Gasteiger partial charge in [0.05, 0.1) is 0 Å². The first-order valence-electron chi connectivity index (χ1n) is 5.02. The van der Waals surface area contributed by atoms with Crippen LogP contribution in [0, 0.1) is 5.92 Å². The zero-order valence-corrected chi connectivity index (χ0v) is 8.90. The minimum absolute atomic E-state index is 0.249. The summed E-state index contributed by atoms with van der Waals surface area (Å²) in [6, 6.07) is 2.02. The van der Waals surface area contributed by atoms with Gasteiger partial charge in [0.15, 0.2) is 0 Å². The summed E-state index contributed by atoms with van der Waals surface area (Å²) in [7, 11) is 1.95. The van der Waals surface area contributed by atoms with E-state index in [1.807, 2.05) is 30.9 Å². The van der Waals surface area contributed by atoms with Gasteiger partial charge in [0.1, 0.15) is 0 Å². The number of hydrogen-bond acceptors (Lipinski definition) is 3. The van der Waals surface area contributed by atoms with Crippen LogP contribution in [-0.4, -0.2) is 34.6 Å². The van der Waals surface area contributed by atoms with Gasteiger partial charge in [0.2, 0.25) is 0 Å². The molecule has 0 spiro atoms. The Bertz CT molecular complexity index is 260. The molecule has 0 aliphatic heterocycles. The third kappa shape index (κ3) is 3.47. The van der Waals surface area contributed by atoms with Gasteiger partial charge in [-0.15, -0.1) is 0 Å². The molecule has 1 rings (SSSR count). The number of aromatic nitrogens is 2. The molecular weight excluding hydrogens is 178 g/mol. The molecule has 4 heteroatoms. The van der Waals surface area contributed by atoms with Gasteiger partial charge in [-0.3, -0.25) is 4.68 Å². The van der Waals surface area contributed by atoms with Gasteiger partial charge in [0.25, 0.3) is 0 Å². The van der Waals surface area contributed by atoms with Crippen molar-refractivity contribution in [2.24, 2.45) is 13.0 Å². The molecule has 4 nitrogen and oxygen atoms in total. The molecule has 0 saturated heterocycles. The summed E-state index contributed by atoms with van der Waals surface area (Å²) in [6.07, 6.45) is 2.79. The zero-order chi connectivity index (χ0) is 10.4. The third-order valence-corrected chi connectivity index (χ3v) is 2.28. The first-order valence-corrected chi connectivity index (χ1v) is 5.02. The molecule has 0 fully saturated rings. The highest BCUT2D eigenvalue weighted by Gasteiger charge is 2.00. The summed E-state index contributed by atoms with van der Waals surface area (Å²) in [4.78, 5) is 0. The lowest BCUT2D eigenvalue weighted by Crippen LogP contribution is -2.25. The SMILES string of the molecule is CC(CO)CNCCc1ccnn1C. The molecule has 1 unspecified atom stereocenters. The molecule has 1 heterocycles. The lowest BCUT2D eigenvalue weighted by Gasteiger charge is -2.09. The van der Waals surface area contributed by atoms with Crippen molar-refractivity contribution in [3.8, 4) is 0 Å². The molecule has 0 radical (unpaired) electrons. The summed E-state index contributed by atoms with van der Waals surface area (Å²) in [5.41, 5.74) is 1.23. The van der Waals surface area contributed by atoms with Crippen LogP contribution >= 0.6 is 0 Å². The molecule has 2 N–H and O–H groups in total. The molecule has 1 aromatic heterocycles. The van der Waals surface area contributed by atoms with Gasteiger partial charge in [-0.2, -0.15) is 5.10 Å². The molecule has 0 aromatic carbocycles. The van der Waals surface area contributed by atoms with Gasteiger partial charge >= 0.3 is 0 Å². The van der Waals surface area contributed by atoms with Crippen LogP contribution in [0.2, 0.25) is 0 Å². The Morgan fingerprint density at radius 1 is 1.64 bits per heavy atom. The number of hydrogen-bond donors (Lipinski definition) is 2. The molecule has 0 bridgehead atoms. The topological polar surface area (TPSA) is 50.1 Å². The van der Waals surface area contributed by atoms with Gasteiger partial charge in [0, 0.05) is 38.5 Å². The van der Waals surface area contributed by atoms with Crippen molar-refractivity contribution in [1.82, 2.24) is 15.1 Å². The molecule has 80 valence electrons. The quantitative estimate of drug-likeness (QED) is 0.640. The van der Waals surface area contributed by atoms with E-state index in [-0.39, 0.29) is 6.61 Å². The molecule has 0 aliphatic carbocycles. The van der Waals surface area contributed by atoms with Crippen molar-refractivity contribution in [3.63, 3.8) is 0 Å². The van der Waals surface area contributed by atoms with Crippen LogP contribution in [0.25, 0.3) is 0 Å². The summed E-state index contributed by atoms with van der Waals surface area (Å²) in [5.74, 6) is 0.335. The van der Waals surface area contributed by atoms with Crippen LogP contribution in [0.4, 0.5) is 0 Å². The molecule has 1 atom stereocenters. The van der Waals surface area contributed by atoms with Gasteiger partial charge in [-0.05, 0) is 18.5 Å². The molecule has 0 aliphatic rings. The number of rotatable bonds is 6. The normalized spacial score (nSPS) is 13.1. The minimum Gasteiger partial charge on any atom is -0.396 e. The van der Waals surface area contributed by atoms with Crippen LogP contribution in [0.1, 0.15) is 12.6 Å². The predicted molar refractivity (Wildman–Crippen MR) is 56.0 cm³/mol. The number of nitrogens with one attached hydrogen (secondary N) is 1. The summed E-state index contributed by atoms with van der Waals surface area (Å²) >= 11 is 0. The van der Waals surface area contributed by atoms with Crippen molar-refractivity contribution < 1.29 is 5.11 Å². The minimum atomic E-state index is 0.249. The Morgan fingerprint density at radius 2 is 2.43 bits per heavy atom. The second-order valence-corrected chi connectivity index (χ2v) is 3.69. The molecule has 1 aromatic rings. The lowest BCUT2D eigenvalue weighted by molar-refractivity contribution is 0.234. The Kier molecular flexibility index (Phi) is 4.62. The van der Waals surface area contributed by atoms with E-state index in [1.54, 1.807) is 0 Å². The maximum absolute atomic E-state index is 8.81. The second kappa shape index (κ2) is 5.78. The second-order valence-electron chi connectivity index (χ2n) is 3.69. The highest BCUT2D eigenvalue weighted by atomic mass is 16.3. The first kappa shape index (κ1) is 11.2. The van der Waals surface area contributed by atoms with Crippen LogP contribution in [-0.2, 0) is 13.5 Å². The van der Waals surface area contributed by atoms with E-state index in [9.17, 15) is 0 Å². The van der Waals surface area contributed by atoms with Crippen LogP contribution in [0.5, 0.6) is 0 Å². The fraction of sp³-hybridized carbons (Fsp3) is 0.700. The smallest absolute Gasteiger partial charge is 0.0492 e. The average molecular weight is 197 g/mol. The Labute approximate surface area is 84.9 Å². The van der Waals surface area contributed by atoms with Crippen LogP contribution in [0.3, 0.4) is 0 Å². The van der Waals surface area contributed by atoms with Crippen molar-refractivity contribution >= 4 is 0 Å². The lowest BCUT2D eigenvalue weighted by atomic mass is 10.2. The molecular formula is C10H19N3O. The van der Waals surface area contributed by atoms with Gasteiger partial charge in [-0.25, -0.2) is 0 Å². The van der Waals surface area contributed by atoms with Gasteiger partial charge in [-0.1, -0.05) is 6.92 Å². The predicted octanol–water partition coefficient (Wildman–Crippen LogP) is 0.181. The third-order valence-electron chi connectivity index (χ3n) is 2.28. The van der Waals surface area contributed by atoms with Crippen molar-refractivity contribution in [3.05, 3.63) is 18.0 Å². The number of nitrogens with zero attached hydrogens (tertiary/aromatic N) is 2. The maximum atomic E-state index is 8.81. The highest BCUT2D eigenvalue weighted by molar-refractivity contribution is 5.00. The van der Waals surface area contributed by atoms with E-state index in [4.69, 9.17) is 5.11 Å². The Balaban J connectivity index is 2.13. The zero-order valence-electron chi connectivity index (χ0n) is 8.90. The summed E-state index contributed by atoms with van der Waals surface area (Å²) in [6.45, 7) is 4.08. The molecule has 14 heavy (non-hydrogen) atoms. The largest absolute Gasteiger partial charge is 0.396 e. The average Bonchev–Trinajstić information content (AvgIpc) is 2.58. The fourth-order valence-corrected chi connectivity index (χ4v) is 1.28. The van der Waals surface area contributed by atoms with Crippen molar-refractivity contribution in [2.75, 3.05) is 19.7 Å². The van der Waals surface area contributed by atoms with Crippen molar-refractivity contribution in [2.45, 2.75) is 13.3 Å². The summed E-state index contributed by atoms with van der Waals surface area (Å²) in [5, 5.41) is 16.2. The van der Waals surface area contributed by atoms with Crippen LogP contribution in [0.15, 0.2) is 12.3 Å². The van der Waals surface area contributed by atoms with E-state index in [1.165, 1.54) is 5.69 Å². The van der Waals surface area contributed by atoms with Crippen LogP contribution < -0.4 is 5.32 Å². The standard InChI is InChI=1S/C10H19N3O/c1-9(8-14)7-11-5-3-10-4-6-12-13(10)2/h4,6,9,11,14H,3,5,7-8H2,1-2H3. The Hall–Kier alpha value is -0.870.